The van der Waals surface area contributed by atoms with Crippen molar-refractivity contribution < 1.29 is 8.85 Å². The summed E-state index contributed by atoms with van der Waals surface area (Å²) in [7, 11) is -1.81. The molecule has 1 aliphatic heterocycles. The molecule has 1 rings (SSSR count). The average Bonchev–Trinajstić information content (AvgIpc) is 2.01. The van der Waals surface area contributed by atoms with Gasteiger partial charge in [0.1, 0.15) is 0 Å². The Balaban J connectivity index is 2.39. The minimum absolute atomic E-state index is 0.0471. The maximum absolute atomic E-state index is 6.12. The van der Waals surface area contributed by atoms with E-state index >= 15 is 0 Å². The number of rotatable bonds is 4. The second kappa shape index (κ2) is 4.77. The Kier molecular flexibility index (Phi) is 4.16. The van der Waals surface area contributed by atoms with Crippen molar-refractivity contribution in [3.63, 3.8) is 0 Å². The Morgan fingerprint density at radius 2 is 2.14 bits per heavy atom. The van der Waals surface area contributed by atoms with Crippen molar-refractivity contribution in [1.82, 2.24) is 0 Å². The van der Waals surface area contributed by atoms with Crippen molar-refractivity contribution in [2.45, 2.75) is 64.6 Å². The zero-order valence-corrected chi connectivity index (χ0v) is 11.1. The molecule has 1 atom stereocenters. The fourth-order valence-electron chi connectivity index (χ4n) is 2.06. The van der Waals surface area contributed by atoms with Crippen LogP contribution in [-0.2, 0) is 8.85 Å². The van der Waals surface area contributed by atoms with Crippen LogP contribution in [0.3, 0.4) is 0 Å². The molecule has 1 saturated heterocycles. The molecule has 0 radical (unpaired) electrons. The van der Waals surface area contributed by atoms with Gasteiger partial charge in [0.15, 0.2) is 0 Å². The summed E-state index contributed by atoms with van der Waals surface area (Å²) in [5.74, 6) is 0. The van der Waals surface area contributed by atoms with Crippen molar-refractivity contribution in [3.8, 4) is 0 Å². The van der Waals surface area contributed by atoms with E-state index in [0.29, 0.717) is 0 Å². The van der Waals surface area contributed by atoms with Gasteiger partial charge in [0.05, 0.1) is 5.60 Å². The standard InChI is InChI=1S/C11H24O2Si/c1-5-6-9-12-14(4)10-7-8-11(2,3)13-14/h5-10H2,1-4H3. The van der Waals surface area contributed by atoms with Crippen LogP contribution < -0.4 is 0 Å². The SMILES string of the molecule is CCCCO[Si]1(C)CCCC(C)(C)O1. The van der Waals surface area contributed by atoms with E-state index in [4.69, 9.17) is 8.85 Å². The van der Waals surface area contributed by atoms with E-state index in [0.717, 1.165) is 13.0 Å². The zero-order valence-electron chi connectivity index (χ0n) is 10.1. The molecule has 3 heteroatoms. The first-order valence-electron chi connectivity index (χ1n) is 5.82. The third-order valence-corrected chi connectivity index (χ3v) is 5.87. The van der Waals surface area contributed by atoms with Crippen LogP contribution in [0.5, 0.6) is 0 Å². The summed E-state index contributed by atoms with van der Waals surface area (Å²) in [6.07, 6.45) is 4.80. The van der Waals surface area contributed by atoms with Crippen LogP contribution in [0.25, 0.3) is 0 Å². The van der Waals surface area contributed by atoms with Crippen molar-refractivity contribution >= 4 is 8.56 Å². The van der Waals surface area contributed by atoms with Gasteiger partial charge in [0.2, 0.25) is 0 Å². The molecular formula is C11H24O2Si. The molecule has 0 aliphatic carbocycles. The van der Waals surface area contributed by atoms with Crippen LogP contribution in [0, 0.1) is 0 Å². The summed E-state index contributed by atoms with van der Waals surface area (Å²) in [4.78, 5) is 0. The Hall–Kier alpha value is 0.137. The molecule has 0 aromatic heterocycles. The largest absolute Gasteiger partial charge is 0.394 e. The maximum Gasteiger partial charge on any atom is 0.335 e. The highest BCUT2D eigenvalue weighted by Gasteiger charge is 2.41. The van der Waals surface area contributed by atoms with E-state index in [1.54, 1.807) is 0 Å². The van der Waals surface area contributed by atoms with Gasteiger partial charge >= 0.3 is 8.56 Å². The van der Waals surface area contributed by atoms with E-state index < -0.39 is 8.56 Å². The fraction of sp³-hybridized carbons (Fsp3) is 1.00. The molecule has 2 nitrogen and oxygen atoms in total. The average molecular weight is 216 g/mol. The smallest absolute Gasteiger partial charge is 0.335 e. The van der Waals surface area contributed by atoms with Gasteiger partial charge in [-0.2, -0.15) is 0 Å². The molecule has 0 bridgehead atoms. The second-order valence-electron chi connectivity index (χ2n) is 5.05. The first kappa shape index (κ1) is 12.2. The van der Waals surface area contributed by atoms with Crippen molar-refractivity contribution in [1.29, 1.82) is 0 Å². The normalized spacial score (nSPS) is 31.7. The molecule has 14 heavy (non-hydrogen) atoms. The highest BCUT2D eigenvalue weighted by molar-refractivity contribution is 6.66. The molecule has 1 unspecified atom stereocenters. The molecule has 0 spiro atoms. The van der Waals surface area contributed by atoms with E-state index in [1.165, 1.54) is 25.3 Å². The van der Waals surface area contributed by atoms with E-state index in [1.807, 2.05) is 0 Å². The first-order valence-corrected chi connectivity index (χ1v) is 8.34. The van der Waals surface area contributed by atoms with Gasteiger partial charge in [-0.05, 0) is 45.7 Å². The molecule has 1 fully saturated rings. The summed E-state index contributed by atoms with van der Waals surface area (Å²) < 4.78 is 12.1. The zero-order chi connectivity index (χ0) is 10.7. The van der Waals surface area contributed by atoms with E-state index in [2.05, 4.69) is 27.3 Å². The lowest BCUT2D eigenvalue weighted by molar-refractivity contribution is 0.0259. The highest BCUT2D eigenvalue weighted by atomic mass is 28.4. The lowest BCUT2D eigenvalue weighted by Gasteiger charge is -2.41. The van der Waals surface area contributed by atoms with Gasteiger partial charge in [-0.3, -0.25) is 0 Å². The molecule has 0 saturated carbocycles. The molecule has 1 aliphatic rings. The Morgan fingerprint density at radius 1 is 1.43 bits per heavy atom. The molecule has 0 aromatic carbocycles. The number of hydrogen-bond donors (Lipinski definition) is 0. The van der Waals surface area contributed by atoms with Crippen LogP contribution in [0.15, 0.2) is 0 Å². The highest BCUT2D eigenvalue weighted by Crippen LogP contribution is 2.33. The molecule has 0 N–H and O–H groups in total. The maximum atomic E-state index is 6.12. The van der Waals surface area contributed by atoms with Crippen LogP contribution in [0.4, 0.5) is 0 Å². The second-order valence-corrected chi connectivity index (χ2v) is 8.31. The topological polar surface area (TPSA) is 18.5 Å². The molecular weight excluding hydrogens is 192 g/mol. The summed E-state index contributed by atoms with van der Waals surface area (Å²) >= 11 is 0. The Bertz CT molecular complexity index is 182. The molecule has 0 aromatic rings. The Morgan fingerprint density at radius 3 is 2.71 bits per heavy atom. The monoisotopic (exact) mass is 216 g/mol. The third kappa shape index (κ3) is 3.71. The van der Waals surface area contributed by atoms with Gasteiger partial charge in [-0.25, -0.2) is 0 Å². The summed E-state index contributed by atoms with van der Waals surface area (Å²) in [6, 6.07) is 1.17. The van der Waals surface area contributed by atoms with E-state index in [9.17, 15) is 0 Å². The van der Waals surface area contributed by atoms with Crippen LogP contribution in [-0.4, -0.2) is 20.8 Å². The lowest BCUT2D eigenvalue weighted by atomic mass is 10.0. The minimum Gasteiger partial charge on any atom is -0.394 e. The number of unbranched alkanes of at least 4 members (excludes halogenated alkanes) is 1. The summed E-state index contributed by atoms with van der Waals surface area (Å²) in [5, 5.41) is 0. The van der Waals surface area contributed by atoms with Crippen molar-refractivity contribution in [3.05, 3.63) is 0 Å². The summed E-state index contributed by atoms with van der Waals surface area (Å²) in [5.41, 5.74) is 0.0471. The van der Waals surface area contributed by atoms with Gasteiger partial charge in [-0.15, -0.1) is 0 Å². The molecule has 84 valence electrons. The van der Waals surface area contributed by atoms with E-state index in [-0.39, 0.29) is 5.60 Å². The third-order valence-electron chi connectivity index (χ3n) is 2.81. The van der Waals surface area contributed by atoms with Crippen LogP contribution >= 0.6 is 0 Å². The van der Waals surface area contributed by atoms with Crippen LogP contribution in [0.1, 0.15) is 46.5 Å². The van der Waals surface area contributed by atoms with Crippen LogP contribution in [0.2, 0.25) is 12.6 Å². The molecule has 0 amide bonds. The van der Waals surface area contributed by atoms with Gasteiger partial charge in [0.25, 0.3) is 0 Å². The van der Waals surface area contributed by atoms with Gasteiger partial charge < -0.3 is 8.85 Å². The quantitative estimate of drug-likeness (QED) is 0.529. The fourth-order valence-corrected chi connectivity index (χ4v) is 5.03. The lowest BCUT2D eigenvalue weighted by Crippen LogP contribution is -2.49. The molecule has 1 heterocycles. The predicted octanol–water partition coefficient (Wildman–Crippen LogP) is 3.46. The van der Waals surface area contributed by atoms with Crippen molar-refractivity contribution in [2.75, 3.05) is 6.61 Å². The first-order chi connectivity index (χ1) is 6.47. The van der Waals surface area contributed by atoms with Gasteiger partial charge in [0, 0.05) is 6.61 Å². The number of hydrogen-bond acceptors (Lipinski definition) is 2. The summed E-state index contributed by atoms with van der Waals surface area (Å²) in [6.45, 7) is 9.65. The Labute approximate surface area is 89.2 Å². The minimum atomic E-state index is -1.81. The predicted molar refractivity (Wildman–Crippen MR) is 61.7 cm³/mol. The van der Waals surface area contributed by atoms with Gasteiger partial charge in [-0.1, -0.05) is 13.3 Å². The van der Waals surface area contributed by atoms with Crippen molar-refractivity contribution in [2.24, 2.45) is 0 Å².